The van der Waals surface area contributed by atoms with Gasteiger partial charge in [0.05, 0.1) is 16.0 Å². The van der Waals surface area contributed by atoms with Crippen molar-refractivity contribution in [2.75, 3.05) is 18.4 Å². The molecule has 1 aliphatic rings. The normalized spacial score (nSPS) is 21.6. The molecule has 5 heteroatoms. The number of anilines is 1. The van der Waals surface area contributed by atoms with Crippen molar-refractivity contribution in [3.8, 4) is 6.07 Å². The summed E-state index contributed by atoms with van der Waals surface area (Å²) in [7, 11) is 0. The number of hydrogen-bond acceptors (Lipinski definition) is 3. The Morgan fingerprint density at radius 1 is 1.57 bits per heavy atom. The van der Waals surface area contributed by atoms with Gasteiger partial charge in [0.1, 0.15) is 6.07 Å². The number of carbonyl (C=O) groups is 1. The third-order valence-corrected chi connectivity index (χ3v) is 4.36. The van der Waals surface area contributed by atoms with Crippen LogP contribution in [0.4, 0.5) is 5.69 Å². The van der Waals surface area contributed by atoms with Crippen LogP contribution in [0.5, 0.6) is 0 Å². The summed E-state index contributed by atoms with van der Waals surface area (Å²) < 4.78 is 0. The van der Waals surface area contributed by atoms with E-state index in [1.165, 1.54) is 0 Å². The second kappa shape index (κ2) is 6.93. The molecule has 2 rings (SSSR count). The maximum Gasteiger partial charge on any atom is 0.231 e. The summed E-state index contributed by atoms with van der Waals surface area (Å²) in [6, 6.07) is 7.02. The van der Waals surface area contributed by atoms with Crippen LogP contribution in [0.1, 0.15) is 38.2 Å². The first-order valence-electron chi connectivity index (χ1n) is 7.33. The molecule has 0 aliphatic carbocycles. The molecule has 0 spiro atoms. The quantitative estimate of drug-likeness (QED) is 0.897. The van der Waals surface area contributed by atoms with Crippen LogP contribution in [0, 0.1) is 16.7 Å². The van der Waals surface area contributed by atoms with Crippen molar-refractivity contribution in [3.05, 3.63) is 28.8 Å². The van der Waals surface area contributed by atoms with Crippen LogP contribution < -0.4 is 10.6 Å². The highest BCUT2D eigenvalue weighted by molar-refractivity contribution is 6.31. The van der Waals surface area contributed by atoms with Crippen molar-refractivity contribution in [2.24, 2.45) is 5.41 Å². The fourth-order valence-electron chi connectivity index (χ4n) is 2.92. The highest BCUT2D eigenvalue weighted by atomic mass is 35.5. The van der Waals surface area contributed by atoms with E-state index >= 15 is 0 Å². The van der Waals surface area contributed by atoms with Crippen molar-refractivity contribution in [1.29, 1.82) is 5.26 Å². The van der Waals surface area contributed by atoms with E-state index in [9.17, 15) is 4.79 Å². The van der Waals surface area contributed by atoms with E-state index in [2.05, 4.69) is 17.6 Å². The number of nitriles is 1. The summed E-state index contributed by atoms with van der Waals surface area (Å²) in [4.78, 5) is 12.7. The summed E-state index contributed by atoms with van der Waals surface area (Å²) in [6.07, 6.45) is 3.75. The lowest BCUT2D eigenvalue weighted by molar-refractivity contribution is -0.127. The molecular weight excluding hydrogens is 286 g/mol. The lowest BCUT2D eigenvalue weighted by Crippen LogP contribution is -2.48. The first-order valence-corrected chi connectivity index (χ1v) is 7.71. The maximum atomic E-state index is 12.7. The predicted octanol–water partition coefficient (Wildman–Crippen LogP) is 3.32. The minimum absolute atomic E-state index is 0.0303. The standard InChI is InChI=1S/C16H20ClN3O/c1-2-6-16(7-3-8-19-11-16)15(21)20-13-4-5-14(17)12(9-13)10-18/h4-5,9,19H,2-3,6-8,11H2,1H3,(H,20,21). The molecule has 2 N–H and O–H groups in total. The average Bonchev–Trinajstić information content (AvgIpc) is 2.50. The third kappa shape index (κ3) is 3.55. The van der Waals surface area contributed by atoms with Gasteiger partial charge in [-0.2, -0.15) is 5.26 Å². The zero-order valence-corrected chi connectivity index (χ0v) is 13.0. The monoisotopic (exact) mass is 305 g/mol. The Morgan fingerprint density at radius 3 is 3.00 bits per heavy atom. The van der Waals surface area contributed by atoms with Crippen molar-refractivity contribution in [1.82, 2.24) is 5.32 Å². The number of nitrogens with zero attached hydrogens (tertiary/aromatic N) is 1. The Kier molecular flexibility index (Phi) is 5.22. The lowest BCUT2D eigenvalue weighted by atomic mass is 9.76. The zero-order chi connectivity index (χ0) is 15.3. The second-order valence-corrected chi connectivity index (χ2v) is 5.98. The molecule has 1 aromatic rings. The summed E-state index contributed by atoms with van der Waals surface area (Å²) in [5.41, 5.74) is 0.655. The van der Waals surface area contributed by atoms with Gasteiger partial charge in [0.15, 0.2) is 0 Å². The van der Waals surface area contributed by atoms with Gasteiger partial charge in [-0.3, -0.25) is 4.79 Å². The third-order valence-electron chi connectivity index (χ3n) is 4.03. The van der Waals surface area contributed by atoms with Gasteiger partial charge in [0, 0.05) is 12.2 Å². The molecule has 0 radical (unpaired) electrons. The fourth-order valence-corrected chi connectivity index (χ4v) is 3.08. The Labute approximate surface area is 130 Å². The van der Waals surface area contributed by atoms with Crippen LogP contribution in [-0.2, 0) is 4.79 Å². The van der Waals surface area contributed by atoms with E-state index in [4.69, 9.17) is 16.9 Å². The Balaban J connectivity index is 2.17. The smallest absolute Gasteiger partial charge is 0.231 e. The van der Waals surface area contributed by atoms with Gasteiger partial charge in [-0.25, -0.2) is 0 Å². The Hall–Kier alpha value is -1.57. The molecule has 1 aliphatic heterocycles. The zero-order valence-electron chi connectivity index (χ0n) is 12.2. The van der Waals surface area contributed by atoms with E-state index in [0.29, 0.717) is 22.8 Å². The van der Waals surface area contributed by atoms with Crippen molar-refractivity contribution in [3.63, 3.8) is 0 Å². The van der Waals surface area contributed by atoms with Crippen molar-refractivity contribution < 1.29 is 4.79 Å². The molecule has 1 aromatic carbocycles. The lowest BCUT2D eigenvalue weighted by Gasteiger charge is -2.36. The molecule has 1 heterocycles. The van der Waals surface area contributed by atoms with Gasteiger partial charge in [0.25, 0.3) is 0 Å². The molecule has 1 unspecified atom stereocenters. The Morgan fingerprint density at radius 2 is 2.38 bits per heavy atom. The van der Waals surface area contributed by atoms with E-state index in [-0.39, 0.29) is 11.3 Å². The SMILES string of the molecule is CCCC1(C(=O)Nc2ccc(Cl)c(C#N)c2)CCCNC1. The molecule has 1 saturated heterocycles. The number of carbonyl (C=O) groups excluding carboxylic acids is 1. The van der Waals surface area contributed by atoms with E-state index in [1.54, 1.807) is 18.2 Å². The van der Waals surface area contributed by atoms with Crippen molar-refractivity contribution >= 4 is 23.2 Å². The molecule has 0 saturated carbocycles. The van der Waals surface area contributed by atoms with Gasteiger partial charge < -0.3 is 10.6 Å². The maximum absolute atomic E-state index is 12.7. The molecule has 21 heavy (non-hydrogen) atoms. The molecular formula is C16H20ClN3O. The summed E-state index contributed by atoms with van der Waals surface area (Å²) >= 11 is 5.91. The number of piperidine rings is 1. The van der Waals surface area contributed by atoms with E-state index < -0.39 is 0 Å². The average molecular weight is 306 g/mol. The predicted molar refractivity (Wildman–Crippen MR) is 84.2 cm³/mol. The molecule has 1 atom stereocenters. The van der Waals surface area contributed by atoms with Gasteiger partial charge in [-0.15, -0.1) is 0 Å². The van der Waals surface area contributed by atoms with Gasteiger partial charge >= 0.3 is 0 Å². The van der Waals surface area contributed by atoms with Crippen molar-refractivity contribution in [2.45, 2.75) is 32.6 Å². The van der Waals surface area contributed by atoms with Crippen LogP contribution >= 0.6 is 11.6 Å². The van der Waals surface area contributed by atoms with Crippen LogP contribution in [0.25, 0.3) is 0 Å². The van der Waals surface area contributed by atoms with E-state index in [1.807, 2.05) is 6.07 Å². The number of benzene rings is 1. The number of hydrogen-bond donors (Lipinski definition) is 2. The molecule has 1 fully saturated rings. The Bertz CT molecular complexity index is 554. The number of rotatable bonds is 4. The van der Waals surface area contributed by atoms with Crippen LogP contribution in [0.2, 0.25) is 5.02 Å². The molecule has 1 amide bonds. The number of halogens is 1. The van der Waals surface area contributed by atoms with Gasteiger partial charge in [-0.05, 0) is 44.0 Å². The minimum atomic E-state index is -0.348. The first kappa shape index (κ1) is 15.8. The highest BCUT2D eigenvalue weighted by Gasteiger charge is 2.38. The second-order valence-electron chi connectivity index (χ2n) is 5.57. The minimum Gasteiger partial charge on any atom is -0.326 e. The number of nitrogens with one attached hydrogen (secondary N) is 2. The first-order chi connectivity index (χ1) is 10.1. The van der Waals surface area contributed by atoms with Gasteiger partial charge in [-0.1, -0.05) is 24.9 Å². The largest absolute Gasteiger partial charge is 0.326 e. The topological polar surface area (TPSA) is 64.9 Å². The highest BCUT2D eigenvalue weighted by Crippen LogP contribution is 2.33. The van der Waals surface area contributed by atoms with Crippen LogP contribution in [0.3, 0.4) is 0 Å². The van der Waals surface area contributed by atoms with Gasteiger partial charge in [0.2, 0.25) is 5.91 Å². The van der Waals surface area contributed by atoms with Crippen LogP contribution in [0.15, 0.2) is 18.2 Å². The summed E-state index contributed by atoms with van der Waals surface area (Å²) in [5, 5.41) is 15.7. The molecule has 112 valence electrons. The fraction of sp³-hybridized carbons (Fsp3) is 0.500. The number of amides is 1. The molecule has 0 aromatic heterocycles. The molecule has 0 bridgehead atoms. The summed E-state index contributed by atoms with van der Waals surface area (Å²) in [5.74, 6) is 0.0303. The molecule has 4 nitrogen and oxygen atoms in total. The van der Waals surface area contributed by atoms with Crippen LogP contribution in [-0.4, -0.2) is 19.0 Å². The van der Waals surface area contributed by atoms with E-state index in [0.717, 1.165) is 32.2 Å². The summed E-state index contributed by atoms with van der Waals surface area (Å²) in [6.45, 7) is 3.78.